The van der Waals surface area contributed by atoms with Crippen molar-refractivity contribution in [2.24, 2.45) is 0 Å². The van der Waals surface area contributed by atoms with Crippen LogP contribution in [0.4, 0.5) is 11.7 Å². The standard InChI is InChI=1S/C21H14BrClN4O4S/c22-14-7-5-13(6-8-14)20-25-26-21(31-20)24-19(28)17-3-1-2-4-18(17)27-32(29,30)16-11-9-15(23)10-12-16/h1-12,27H,(H,24,26,28). The van der Waals surface area contributed by atoms with Crippen LogP contribution < -0.4 is 10.0 Å². The Balaban J connectivity index is 1.54. The van der Waals surface area contributed by atoms with Crippen molar-refractivity contribution in [2.45, 2.75) is 4.90 Å². The summed E-state index contributed by atoms with van der Waals surface area (Å²) in [5.74, 6) is -0.394. The first-order valence-corrected chi connectivity index (χ1v) is 11.8. The number of amides is 1. The minimum atomic E-state index is -3.94. The SMILES string of the molecule is O=C(Nc1nnc(-c2ccc(Br)cc2)o1)c1ccccc1NS(=O)(=O)c1ccc(Cl)cc1. The van der Waals surface area contributed by atoms with Crippen molar-refractivity contribution in [3.05, 3.63) is 87.9 Å². The third-order valence-electron chi connectivity index (χ3n) is 4.28. The summed E-state index contributed by atoms with van der Waals surface area (Å²) in [5, 5.41) is 10.7. The van der Waals surface area contributed by atoms with E-state index in [1.54, 1.807) is 24.3 Å². The van der Waals surface area contributed by atoms with E-state index in [1.807, 2.05) is 12.1 Å². The second kappa shape index (κ2) is 9.11. The average Bonchev–Trinajstić information content (AvgIpc) is 3.23. The molecule has 3 aromatic carbocycles. The molecule has 162 valence electrons. The molecule has 11 heteroatoms. The van der Waals surface area contributed by atoms with Crippen LogP contribution in [0.1, 0.15) is 10.4 Å². The van der Waals surface area contributed by atoms with Crippen molar-refractivity contribution in [1.82, 2.24) is 10.2 Å². The van der Waals surface area contributed by atoms with E-state index in [1.165, 1.54) is 36.4 Å². The number of aromatic nitrogens is 2. The van der Waals surface area contributed by atoms with E-state index >= 15 is 0 Å². The maximum atomic E-state index is 12.8. The molecule has 4 rings (SSSR count). The largest absolute Gasteiger partial charge is 0.403 e. The molecule has 0 fully saturated rings. The first-order valence-electron chi connectivity index (χ1n) is 9.10. The van der Waals surface area contributed by atoms with Gasteiger partial charge in [-0.1, -0.05) is 44.8 Å². The van der Waals surface area contributed by atoms with Gasteiger partial charge in [-0.25, -0.2) is 8.42 Å². The molecule has 8 nitrogen and oxygen atoms in total. The Bertz CT molecular complexity index is 1370. The fourth-order valence-electron chi connectivity index (χ4n) is 2.73. The van der Waals surface area contributed by atoms with Gasteiger partial charge < -0.3 is 4.42 Å². The van der Waals surface area contributed by atoms with E-state index in [-0.39, 0.29) is 28.1 Å². The van der Waals surface area contributed by atoms with Gasteiger partial charge in [0.1, 0.15) is 0 Å². The van der Waals surface area contributed by atoms with E-state index in [0.717, 1.165) is 4.47 Å². The normalized spacial score (nSPS) is 11.2. The first-order chi connectivity index (χ1) is 15.3. The topological polar surface area (TPSA) is 114 Å². The fourth-order valence-corrected chi connectivity index (χ4v) is 4.20. The molecule has 32 heavy (non-hydrogen) atoms. The van der Waals surface area contributed by atoms with Gasteiger partial charge in [-0.15, -0.1) is 5.10 Å². The number of carbonyl (C=O) groups is 1. The van der Waals surface area contributed by atoms with Crippen LogP contribution in [0.2, 0.25) is 5.02 Å². The van der Waals surface area contributed by atoms with Gasteiger partial charge >= 0.3 is 6.01 Å². The quantitative estimate of drug-likeness (QED) is 0.352. The molecule has 0 saturated carbocycles. The number of sulfonamides is 1. The zero-order valence-electron chi connectivity index (χ0n) is 16.1. The molecule has 4 aromatic rings. The van der Waals surface area contributed by atoms with E-state index in [9.17, 15) is 13.2 Å². The third kappa shape index (κ3) is 4.98. The number of hydrogen-bond donors (Lipinski definition) is 2. The van der Waals surface area contributed by atoms with Crippen LogP contribution in [0.5, 0.6) is 0 Å². The Kier molecular flexibility index (Phi) is 6.26. The maximum Gasteiger partial charge on any atom is 0.322 e. The van der Waals surface area contributed by atoms with Gasteiger partial charge in [-0.05, 0) is 60.7 Å². The van der Waals surface area contributed by atoms with Gasteiger partial charge in [-0.2, -0.15) is 0 Å². The monoisotopic (exact) mass is 532 g/mol. The van der Waals surface area contributed by atoms with Gasteiger partial charge in [0.15, 0.2) is 0 Å². The molecular formula is C21H14BrClN4O4S. The summed E-state index contributed by atoms with van der Waals surface area (Å²) in [6.07, 6.45) is 0. The fraction of sp³-hybridized carbons (Fsp3) is 0. The maximum absolute atomic E-state index is 12.8. The highest BCUT2D eigenvalue weighted by Crippen LogP contribution is 2.24. The number of nitrogens with zero attached hydrogens (tertiary/aromatic N) is 2. The molecule has 1 amide bonds. The molecule has 0 radical (unpaired) electrons. The number of anilines is 2. The highest BCUT2D eigenvalue weighted by atomic mass is 79.9. The highest BCUT2D eigenvalue weighted by molar-refractivity contribution is 9.10. The molecule has 0 aliphatic rings. The molecule has 0 saturated heterocycles. The molecule has 0 bridgehead atoms. The molecule has 2 N–H and O–H groups in total. The second-order valence-corrected chi connectivity index (χ2v) is 9.51. The number of halogens is 2. The number of nitrogens with one attached hydrogen (secondary N) is 2. The van der Waals surface area contributed by atoms with Crippen LogP contribution in [0.3, 0.4) is 0 Å². The van der Waals surface area contributed by atoms with Crippen LogP contribution in [0.15, 0.2) is 86.6 Å². The second-order valence-electron chi connectivity index (χ2n) is 6.48. The molecule has 0 atom stereocenters. The number of hydrogen-bond acceptors (Lipinski definition) is 6. The van der Waals surface area contributed by atoms with Crippen LogP contribution in [0, 0.1) is 0 Å². The van der Waals surface area contributed by atoms with E-state index in [4.69, 9.17) is 16.0 Å². The summed E-state index contributed by atoms with van der Waals surface area (Å²) >= 11 is 9.17. The molecule has 0 aliphatic heterocycles. The lowest BCUT2D eigenvalue weighted by atomic mass is 10.2. The summed E-state index contributed by atoms with van der Waals surface area (Å²) in [6.45, 7) is 0. The zero-order chi connectivity index (χ0) is 22.7. The van der Waals surface area contributed by atoms with Crippen LogP contribution in [-0.2, 0) is 10.0 Å². The van der Waals surface area contributed by atoms with Crippen molar-refractivity contribution in [1.29, 1.82) is 0 Å². The smallest absolute Gasteiger partial charge is 0.322 e. The lowest BCUT2D eigenvalue weighted by Crippen LogP contribution is -2.18. The minimum Gasteiger partial charge on any atom is -0.403 e. The summed E-state index contributed by atoms with van der Waals surface area (Å²) in [7, 11) is -3.94. The van der Waals surface area contributed by atoms with E-state index < -0.39 is 15.9 Å². The molecule has 0 spiro atoms. The Morgan fingerprint density at radius 1 is 0.938 bits per heavy atom. The Morgan fingerprint density at radius 3 is 2.34 bits per heavy atom. The molecule has 1 heterocycles. The molecule has 1 aromatic heterocycles. The highest BCUT2D eigenvalue weighted by Gasteiger charge is 2.20. The number of benzene rings is 3. The van der Waals surface area contributed by atoms with Crippen molar-refractivity contribution >= 4 is 55.2 Å². The van der Waals surface area contributed by atoms with Crippen molar-refractivity contribution in [3.63, 3.8) is 0 Å². The summed E-state index contributed by atoms with van der Waals surface area (Å²) in [4.78, 5) is 12.8. The Hall–Kier alpha value is -3.21. The predicted molar refractivity (Wildman–Crippen MR) is 124 cm³/mol. The van der Waals surface area contributed by atoms with Gasteiger partial charge in [0, 0.05) is 15.1 Å². The van der Waals surface area contributed by atoms with Gasteiger partial charge in [0.25, 0.3) is 15.9 Å². The van der Waals surface area contributed by atoms with E-state index in [0.29, 0.717) is 10.6 Å². The number of rotatable bonds is 6. The first kappa shape index (κ1) is 22.0. The lowest BCUT2D eigenvalue weighted by molar-refractivity contribution is 0.102. The molecule has 0 unspecified atom stereocenters. The summed E-state index contributed by atoms with van der Waals surface area (Å²) in [6, 6.07) is 18.9. The summed E-state index contributed by atoms with van der Waals surface area (Å²) < 4.78 is 34.2. The van der Waals surface area contributed by atoms with Crippen molar-refractivity contribution in [3.8, 4) is 11.5 Å². The minimum absolute atomic E-state index is 0.00755. The number of para-hydroxylation sites is 1. The van der Waals surface area contributed by atoms with Gasteiger partial charge in [0.05, 0.1) is 16.1 Å². The van der Waals surface area contributed by atoms with Crippen LogP contribution in [0.25, 0.3) is 11.5 Å². The molecule has 0 aliphatic carbocycles. The lowest BCUT2D eigenvalue weighted by Gasteiger charge is -2.12. The Morgan fingerprint density at radius 2 is 1.62 bits per heavy atom. The third-order valence-corrected chi connectivity index (χ3v) is 6.44. The predicted octanol–water partition coefficient (Wildman–Crippen LogP) is 5.21. The zero-order valence-corrected chi connectivity index (χ0v) is 19.3. The van der Waals surface area contributed by atoms with Crippen molar-refractivity contribution in [2.75, 3.05) is 10.0 Å². The summed E-state index contributed by atoms with van der Waals surface area (Å²) in [5.41, 5.74) is 0.846. The van der Waals surface area contributed by atoms with E-state index in [2.05, 4.69) is 36.2 Å². The average molecular weight is 534 g/mol. The molecular weight excluding hydrogens is 520 g/mol. The van der Waals surface area contributed by atoms with Gasteiger partial charge in [-0.3, -0.25) is 14.8 Å². The number of carbonyl (C=O) groups excluding carboxylic acids is 1. The Labute approximate surface area is 196 Å². The van der Waals surface area contributed by atoms with Gasteiger partial charge in [0.2, 0.25) is 5.89 Å². The van der Waals surface area contributed by atoms with Crippen LogP contribution in [-0.4, -0.2) is 24.5 Å². The van der Waals surface area contributed by atoms with Crippen molar-refractivity contribution < 1.29 is 17.6 Å². The van der Waals surface area contributed by atoms with Crippen LogP contribution >= 0.6 is 27.5 Å².